The predicted molar refractivity (Wildman–Crippen MR) is 68.5 cm³/mol. The summed E-state index contributed by atoms with van der Waals surface area (Å²) in [5.41, 5.74) is 0.967. The Balaban J connectivity index is 1.74. The average Bonchev–Trinajstić information content (AvgIpc) is 2.32. The normalized spacial score (nSPS) is 23.6. The quantitative estimate of drug-likeness (QED) is 0.780. The molecule has 0 bridgehead atoms. The molecule has 1 heterocycles. The van der Waals surface area contributed by atoms with Gasteiger partial charge in [-0.3, -0.25) is 4.98 Å². The summed E-state index contributed by atoms with van der Waals surface area (Å²) in [5.74, 6) is 0.377. The van der Waals surface area contributed by atoms with Crippen LogP contribution in [0.3, 0.4) is 0 Å². The van der Waals surface area contributed by atoms with Crippen molar-refractivity contribution in [3.63, 3.8) is 0 Å². The van der Waals surface area contributed by atoms with Crippen molar-refractivity contribution in [2.75, 3.05) is 12.3 Å². The molecule has 0 amide bonds. The fourth-order valence-electron chi connectivity index (χ4n) is 1.99. The van der Waals surface area contributed by atoms with Crippen molar-refractivity contribution >= 4 is 10.0 Å². The molecule has 1 saturated carbocycles. The molecule has 0 aliphatic heterocycles. The number of aliphatic hydroxyl groups excluding tert-OH is 1. The van der Waals surface area contributed by atoms with Crippen LogP contribution in [0, 0.1) is 5.92 Å². The number of rotatable bonds is 6. The summed E-state index contributed by atoms with van der Waals surface area (Å²) >= 11 is 0. The van der Waals surface area contributed by atoms with Crippen molar-refractivity contribution in [1.29, 1.82) is 0 Å². The Bertz CT molecular complexity index is 469. The Morgan fingerprint density at radius 3 is 2.61 bits per heavy atom. The van der Waals surface area contributed by atoms with E-state index in [1.54, 1.807) is 12.4 Å². The van der Waals surface area contributed by atoms with Gasteiger partial charge in [0.25, 0.3) is 0 Å². The average molecular weight is 270 g/mol. The first-order chi connectivity index (χ1) is 8.55. The Morgan fingerprint density at radius 1 is 1.33 bits per heavy atom. The Labute approximate surface area is 107 Å². The van der Waals surface area contributed by atoms with Crippen LogP contribution >= 0.6 is 0 Å². The molecule has 0 aromatic carbocycles. The number of nitrogens with one attached hydrogen (secondary N) is 1. The maximum Gasteiger partial charge on any atom is 0.211 e. The van der Waals surface area contributed by atoms with E-state index in [2.05, 4.69) is 9.71 Å². The zero-order valence-corrected chi connectivity index (χ0v) is 10.9. The van der Waals surface area contributed by atoms with E-state index in [0.29, 0.717) is 25.8 Å². The third-order valence-corrected chi connectivity index (χ3v) is 4.56. The fraction of sp³-hybridized carbons (Fsp3) is 0.583. The van der Waals surface area contributed by atoms with Crippen LogP contribution < -0.4 is 4.72 Å². The number of hydrogen-bond acceptors (Lipinski definition) is 4. The van der Waals surface area contributed by atoms with Gasteiger partial charge in [0.1, 0.15) is 0 Å². The molecule has 1 aliphatic rings. The van der Waals surface area contributed by atoms with Crippen molar-refractivity contribution in [1.82, 2.24) is 9.71 Å². The first-order valence-electron chi connectivity index (χ1n) is 6.09. The van der Waals surface area contributed by atoms with Crippen molar-refractivity contribution < 1.29 is 13.5 Å². The van der Waals surface area contributed by atoms with Crippen LogP contribution in [0.4, 0.5) is 0 Å². The Hall–Kier alpha value is -0.980. The van der Waals surface area contributed by atoms with Crippen molar-refractivity contribution in [3.05, 3.63) is 30.1 Å². The van der Waals surface area contributed by atoms with Crippen LogP contribution in [0.1, 0.15) is 18.4 Å². The first-order valence-corrected chi connectivity index (χ1v) is 7.75. The predicted octanol–water partition coefficient (Wildman–Crippen LogP) is 0.314. The largest absolute Gasteiger partial charge is 0.393 e. The molecule has 100 valence electrons. The lowest BCUT2D eigenvalue weighted by Gasteiger charge is -2.31. The van der Waals surface area contributed by atoms with Gasteiger partial charge in [0, 0.05) is 18.9 Å². The number of aliphatic hydroxyl groups is 1. The summed E-state index contributed by atoms with van der Waals surface area (Å²) < 4.78 is 26.1. The van der Waals surface area contributed by atoms with Crippen molar-refractivity contribution in [2.45, 2.75) is 25.4 Å². The van der Waals surface area contributed by atoms with E-state index in [9.17, 15) is 8.42 Å². The van der Waals surface area contributed by atoms with Gasteiger partial charge in [-0.25, -0.2) is 13.1 Å². The maximum atomic E-state index is 11.7. The lowest BCUT2D eigenvalue weighted by atomic mass is 9.83. The zero-order chi connectivity index (χ0) is 13.0. The molecule has 1 aliphatic carbocycles. The number of nitrogens with zero attached hydrogens (tertiary/aromatic N) is 1. The number of pyridine rings is 1. The molecule has 0 unspecified atom stereocenters. The smallest absolute Gasteiger partial charge is 0.211 e. The minimum Gasteiger partial charge on any atom is -0.393 e. The van der Waals surface area contributed by atoms with E-state index < -0.39 is 10.0 Å². The number of sulfonamides is 1. The highest BCUT2D eigenvalue weighted by atomic mass is 32.2. The molecular formula is C12H18N2O3S. The SMILES string of the molecule is O=S(=O)(CCc1ccncc1)NCC1CC(O)C1. The molecular weight excluding hydrogens is 252 g/mol. The second kappa shape index (κ2) is 5.77. The van der Waals surface area contributed by atoms with E-state index in [1.165, 1.54) is 0 Å². The first kappa shape index (κ1) is 13.5. The van der Waals surface area contributed by atoms with Crippen molar-refractivity contribution in [3.8, 4) is 0 Å². The molecule has 0 spiro atoms. The van der Waals surface area contributed by atoms with Crippen LogP contribution in [-0.2, 0) is 16.4 Å². The molecule has 1 aromatic heterocycles. The molecule has 1 fully saturated rings. The van der Waals surface area contributed by atoms with Gasteiger partial charge < -0.3 is 5.11 Å². The van der Waals surface area contributed by atoms with E-state index in [4.69, 9.17) is 5.11 Å². The topological polar surface area (TPSA) is 79.3 Å². The standard InChI is InChI=1S/C12H18N2O3S/c15-12-7-11(8-12)9-14-18(16,17)6-3-10-1-4-13-5-2-10/h1-2,4-5,11-12,14-15H,3,6-9H2. The second-order valence-corrected chi connectivity index (χ2v) is 6.69. The molecule has 2 rings (SSSR count). The van der Waals surface area contributed by atoms with Gasteiger partial charge in [0.15, 0.2) is 0 Å². The maximum absolute atomic E-state index is 11.7. The zero-order valence-electron chi connectivity index (χ0n) is 10.1. The van der Waals surface area contributed by atoms with Crippen LogP contribution in [0.25, 0.3) is 0 Å². The highest BCUT2D eigenvalue weighted by molar-refractivity contribution is 7.89. The number of aryl methyl sites for hydroxylation is 1. The van der Waals surface area contributed by atoms with Crippen LogP contribution in [0.2, 0.25) is 0 Å². The van der Waals surface area contributed by atoms with Gasteiger partial charge in [0.05, 0.1) is 11.9 Å². The highest BCUT2D eigenvalue weighted by Gasteiger charge is 2.27. The molecule has 18 heavy (non-hydrogen) atoms. The number of aromatic nitrogens is 1. The van der Waals surface area contributed by atoms with Gasteiger partial charge in [-0.05, 0) is 42.9 Å². The van der Waals surface area contributed by atoms with Gasteiger partial charge in [-0.2, -0.15) is 0 Å². The summed E-state index contributed by atoms with van der Waals surface area (Å²) in [6, 6.07) is 3.63. The highest BCUT2D eigenvalue weighted by Crippen LogP contribution is 2.26. The summed E-state index contributed by atoms with van der Waals surface area (Å²) in [6.45, 7) is 0.440. The van der Waals surface area contributed by atoms with Gasteiger partial charge in [-0.15, -0.1) is 0 Å². The fourth-order valence-corrected chi connectivity index (χ4v) is 3.12. The molecule has 1 aromatic rings. The van der Waals surface area contributed by atoms with E-state index in [-0.39, 0.29) is 17.8 Å². The van der Waals surface area contributed by atoms with Gasteiger partial charge in [0.2, 0.25) is 10.0 Å². The molecule has 6 heteroatoms. The lowest BCUT2D eigenvalue weighted by Crippen LogP contribution is -2.39. The Morgan fingerprint density at radius 2 is 2.00 bits per heavy atom. The summed E-state index contributed by atoms with van der Waals surface area (Å²) in [4.78, 5) is 3.89. The summed E-state index contributed by atoms with van der Waals surface area (Å²) in [5, 5.41) is 9.12. The Kier molecular flexibility index (Phi) is 4.31. The minimum absolute atomic E-state index is 0.0896. The van der Waals surface area contributed by atoms with Crippen LogP contribution in [0.15, 0.2) is 24.5 Å². The molecule has 5 nitrogen and oxygen atoms in total. The van der Waals surface area contributed by atoms with Gasteiger partial charge in [-0.1, -0.05) is 0 Å². The molecule has 0 atom stereocenters. The monoisotopic (exact) mass is 270 g/mol. The summed E-state index contributed by atoms with van der Waals surface area (Å²) in [6.07, 6.45) is 4.97. The number of hydrogen-bond donors (Lipinski definition) is 2. The molecule has 2 N–H and O–H groups in total. The van der Waals surface area contributed by atoms with Crippen LogP contribution in [-0.4, -0.2) is 36.9 Å². The van der Waals surface area contributed by atoms with Gasteiger partial charge >= 0.3 is 0 Å². The van der Waals surface area contributed by atoms with E-state index in [0.717, 1.165) is 5.56 Å². The van der Waals surface area contributed by atoms with E-state index >= 15 is 0 Å². The minimum atomic E-state index is -3.22. The molecule has 0 radical (unpaired) electrons. The van der Waals surface area contributed by atoms with Crippen LogP contribution in [0.5, 0.6) is 0 Å². The summed E-state index contributed by atoms with van der Waals surface area (Å²) in [7, 11) is -3.22. The third-order valence-electron chi connectivity index (χ3n) is 3.21. The van der Waals surface area contributed by atoms with E-state index in [1.807, 2.05) is 12.1 Å². The lowest BCUT2D eigenvalue weighted by molar-refractivity contribution is 0.0453. The molecule has 0 saturated heterocycles. The van der Waals surface area contributed by atoms with Crippen molar-refractivity contribution in [2.24, 2.45) is 5.92 Å². The third kappa shape index (κ3) is 4.04. The second-order valence-electron chi connectivity index (χ2n) is 4.76.